The van der Waals surface area contributed by atoms with Crippen molar-refractivity contribution in [2.24, 2.45) is 5.41 Å². The fourth-order valence-corrected chi connectivity index (χ4v) is 4.28. The van der Waals surface area contributed by atoms with Gasteiger partial charge in [-0.15, -0.1) is 0 Å². The van der Waals surface area contributed by atoms with Crippen LogP contribution in [0.15, 0.2) is 24.3 Å². The van der Waals surface area contributed by atoms with Gasteiger partial charge in [-0.1, -0.05) is 32.9 Å². The van der Waals surface area contributed by atoms with Gasteiger partial charge in [0, 0.05) is 51.4 Å². The second kappa shape index (κ2) is 9.59. The summed E-state index contributed by atoms with van der Waals surface area (Å²) in [6, 6.07) is 8.21. The molecule has 0 aromatic heterocycles. The number of amides is 1. The molecule has 162 valence electrons. The molecule has 2 heterocycles. The molecule has 0 bridgehead atoms. The van der Waals surface area contributed by atoms with E-state index in [1.165, 1.54) is 12.0 Å². The van der Waals surface area contributed by atoms with Crippen molar-refractivity contribution in [3.05, 3.63) is 35.4 Å². The van der Waals surface area contributed by atoms with Crippen molar-refractivity contribution in [1.29, 1.82) is 0 Å². The molecule has 2 unspecified atom stereocenters. The number of morpholine rings is 1. The number of hydrogen-bond donors (Lipinski definition) is 0. The highest BCUT2D eigenvalue weighted by molar-refractivity contribution is 5.94. The third-order valence-electron chi connectivity index (χ3n) is 5.94. The molecule has 29 heavy (non-hydrogen) atoms. The zero-order valence-corrected chi connectivity index (χ0v) is 19.0. The Morgan fingerprint density at radius 2 is 1.55 bits per heavy atom. The van der Waals surface area contributed by atoms with Gasteiger partial charge in [-0.3, -0.25) is 14.6 Å². The normalized spacial score (nSPS) is 24.7. The van der Waals surface area contributed by atoms with Crippen LogP contribution in [0.5, 0.6) is 0 Å². The lowest BCUT2D eigenvalue weighted by Gasteiger charge is -2.36. The summed E-state index contributed by atoms with van der Waals surface area (Å²) in [6.07, 6.45) is 1.76. The highest BCUT2D eigenvalue weighted by Gasteiger charge is 2.24. The van der Waals surface area contributed by atoms with E-state index in [2.05, 4.69) is 56.6 Å². The lowest BCUT2D eigenvalue weighted by atomic mass is 9.92. The van der Waals surface area contributed by atoms with E-state index >= 15 is 0 Å². The van der Waals surface area contributed by atoms with Crippen LogP contribution in [0.1, 0.15) is 57.0 Å². The van der Waals surface area contributed by atoms with Crippen LogP contribution < -0.4 is 0 Å². The average molecular weight is 402 g/mol. The number of benzene rings is 1. The summed E-state index contributed by atoms with van der Waals surface area (Å²) in [5.74, 6) is 0.167. The standard InChI is InChI=1S/C24H39N3O2/c1-19-16-26(17-20(2)29-19)18-21-6-8-22(9-7-21)23(28)27-14-12-25(13-15-27)11-10-24(3,4)5/h6-9,19-20H,10-18H2,1-5H3. The third-order valence-corrected chi connectivity index (χ3v) is 5.94. The van der Waals surface area contributed by atoms with Crippen LogP contribution in [-0.2, 0) is 11.3 Å². The summed E-state index contributed by atoms with van der Waals surface area (Å²) in [5, 5.41) is 0. The Balaban J connectivity index is 1.48. The highest BCUT2D eigenvalue weighted by Crippen LogP contribution is 2.20. The number of carbonyl (C=O) groups is 1. The van der Waals surface area contributed by atoms with Gasteiger partial charge >= 0.3 is 0 Å². The Kier molecular flexibility index (Phi) is 7.36. The lowest BCUT2D eigenvalue weighted by molar-refractivity contribution is -0.0704. The number of rotatable bonds is 5. The first-order valence-corrected chi connectivity index (χ1v) is 11.2. The average Bonchev–Trinajstić information content (AvgIpc) is 2.65. The molecule has 2 aliphatic heterocycles. The zero-order valence-electron chi connectivity index (χ0n) is 19.0. The number of hydrogen-bond acceptors (Lipinski definition) is 4. The molecule has 0 N–H and O–H groups in total. The van der Waals surface area contributed by atoms with Gasteiger partial charge in [0.15, 0.2) is 0 Å². The smallest absolute Gasteiger partial charge is 0.253 e. The largest absolute Gasteiger partial charge is 0.373 e. The fourth-order valence-electron chi connectivity index (χ4n) is 4.28. The second-order valence-corrected chi connectivity index (χ2v) is 10.1. The predicted molar refractivity (Wildman–Crippen MR) is 118 cm³/mol. The van der Waals surface area contributed by atoms with Crippen molar-refractivity contribution in [3.63, 3.8) is 0 Å². The van der Waals surface area contributed by atoms with Crippen LogP contribution in [0.25, 0.3) is 0 Å². The summed E-state index contributed by atoms with van der Waals surface area (Å²) in [4.78, 5) is 19.8. The zero-order chi connectivity index (χ0) is 21.0. The molecule has 2 aliphatic rings. The predicted octanol–water partition coefficient (Wildman–Crippen LogP) is 3.49. The molecule has 2 saturated heterocycles. The Labute approximate surface area is 177 Å². The van der Waals surface area contributed by atoms with Gasteiger partial charge in [0.2, 0.25) is 0 Å². The monoisotopic (exact) mass is 401 g/mol. The first kappa shape index (κ1) is 22.3. The number of nitrogens with zero attached hydrogens (tertiary/aromatic N) is 3. The van der Waals surface area contributed by atoms with E-state index in [1.807, 2.05) is 17.0 Å². The Bertz CT molecular complexity index is 650. The fraction of sp³-hybridized carbons (Fsp3) is 0.708. The summed E-state index contributed by atoms with van der Waals surface area (Å²) in [6.45, 7) is 18.7. The van der Waals surface area contributed by atoms with Crippen LogP contribution in [0.4, 0.5) is 0 Å². The van der Waals surface area contributed by atoms with E-state index < -0.39 is 0 Å². The van der Waals surface area contributed by atoms with Gasteiger partial charge in [-0.25, -0.2) is 0 Å². The topological polar surface area (TPSA) is 36.0 Å². The van der Waals surface area contributed by atoms with Crippen molar-refractivity contribution in [2.75, 3.05) is 45.8 Å². The van der Waals surface area contributed by atoms with E-state index in [0.717, 1.165) is 57.9 Å². The molecule has 0 spiro atoms. The molecule has 2 atom stereocenters. The van der Waals surface area contributed by atoms with Gasteiger partial charge in [-0.05, 0) is 49.9 Å². The molecule has 0 saturated carbocycles. The molecular formula is C24H39N3O2. The molecule has 2 fully saturated rings. The molecule has 3 rings (SSSR count). The van der Waals surface area contributed by atoms with E-state index in [1.54, 1.807) is 0 Å². The van der Waals surface area contributed by atoms with E-state index in [4.69, 9.17) is 4.74 Å². The number of piperazine rings is 1. The van der Waals surface area contributed by atoms with Crippen molar-refractivity contribution >= 4 is 5.91 Å². The van der Waals surface area contributed by atoms with Crippen molar-refractivity contribution in [1.82, 2.24) is 14.7 Å². The molecule has 5 heteroatoms. The van der Waals surface area contributed by atoms with E-state index in [9.17, 15) is 4.79 Å². The van der Waals surface area contributed by atoms with Gasteiger partial charge in [0.1, 0.15) is 0 Å². The van der Waals surface area contributed by atoms with Crippen LogP contribution in [0.3, 0.4) is 0 Å². The van der Waals surface area contributed by atoms with Crippen molar-refractivity contribution < 1.29 is 9.53 Å². The summed E-state index contributed by atoms with van der Waals surface area (Å²) >= 11 is 0. The third kappa shape index (κ3) is 6.80. The van der Waals surface area contributed by atoms with Gasteiger partial charge in [0.25, 0.3) is 5.91 Å². The molecule has 1 aromatic rings. The maximum atomic E-state index is 12.9. The van der Waals surface area contributed by atoms with Crippen LogP contribution in [0.2, 0.25) is 0 Å². The van der Waals surface area contributed by atoms with Crippen molar-refractivity contribution in [2.45, 2.75) is 59.8 Å². The second-order valence-electron chi connectivity index (χ2n) is 10.1. The maximum absolute atomic E-state index is 12.9. The minimum atomic E-state index is 0.167. The Morgan fingerprint density at radius 1 is 0.966 bits per heavy atom. The van der Waals surface area contributed by atoms with Gasteiger partial charge in [-0.2, -0.15) is 0 Å². The minimum Gasteiger partial charge on any atom is -0.373 e. The quantitative estimate of drug-likeness (QED) is 0.757. The number of ether oxygens (including phenoxy) is 1. The number of carbonyl (C=O) groups excluding carboxylic acids is 1. The summed E-state index contributed by atoms with van der Waals surface area (Å²) in [7, 11) is 0. The molecule has 1 amide bonds. The minimum absolute atomic E-state index is 0.167. The Hall–Kier alpha value is -1.43. The SMILES string of the molecule is CC1CN(Cc2ccc(C(=O)N3CCN(CCC(C)(C)C)CC3)cc2)CC(C)O1. The molecule has 0 radical (unpaired) electrons. The van der Waals surface area contributed by atoms with Gasteiger partial charge in [0.05, 0.1) is 12.2 Å². The first-order valence-electron chi connectivity index (χ1n) is 11.2. The van der Waals surface area contributed by atoms with E-state index in [-0.39, 0.29) is 18.1 Å². The highest BCUT2D eigenvalue weighted by atomic mass is 16.5. The van der Waals surface area contributed by atoms with Gasteiger partial charge < -0.3 is 9.64 Å². The first-order chi connectivity index (χ1) is 13.7. The molecule has 5 nitrogen and oxygen atoms in total. The Morgan fingerprint density at radius 3 is 2.10 bits per heavy atom. The molecular weight excluding hydrogens is 362 g/mol. The summed E-state index contributed by atoms with van der Waals surface area (Å²) in [5.41, 5.74) is 2.43. The summed E-state index contributed by atoms with van der Waals surface area (Å²) < 4.78 is 5.82. The molecule has 0 aliphatic carbocycles. The van der Waals surface area contributed by atoms with Crippen LogP contribution in [-0.4, -0.2) is 78.6 Å². The van der Waals surface area contributed by atoms with E-state index in [0.29, 0.717) is 5.41 Å². The van der Waals surface area contributed by atoms with Crippen LogP contribution in [0, 0.1) is 5.41 Å². The molecule has 1 aromatic carbocycles. The van der Waals surface area contributed by atoms with Crippen molar-refractivity contribution in [3.8, 4) is 0 Å². The maximum Gasteiger partial charge on any atom is 0.253 e. The van der Waals surface area contributed by atoms with Crippen LogP contribution >= 0.6 is 0 Å². The lowest BCUT2D eigenvalue weighted by Crippen LogP contribution is -2.49.